The molecule has 0 aromatic carbocycles. The fourth-order valence-corrected chi connectivity index (χ4v) is 2.12. The van der Waals surface area contributed by atoms with Crippen LogP contribution in [0.3, 0.4) is 0 Å². The summed E-state index contributed by atoms with van der Waals surface area (Å²) in [6.07, 6.45) is 7.78. The van der Waals surface area contributed by atoms with Crippen molar-refractivity contribution >= 4 is 5.91 Å². The summed E-state index contributed by atoms with van der Waals surface area (Å²) in [5.41, 5.74) is 6.19. The molecule has 0 aliphatic heterocycles. The van der Waals surface area contributed by atoms with Crippen LogP contribution in [0.2, 0.25) is 0 Å². The summed E-state index contributed by atoms with van der Waals surface area (Å²) in [4.78, 5) is 15.3. The number of primary amides is 1. The minimum Gasteiger partial charge on any atom is -0.366 e. The van der Waals surface area contributed by atoms with E-state index in [1.165, 1.54) is 19.3 Å². The first kappa shape index (κ1) is 11.7. The number of hydrogen-bond donors (Lipinski definition) is 1. The number of rotatable bonds is 1. The van der Waals surface area contributed by atoms with Crippen LogP contribution in [0, 0.1) is 17.8 Å². The van der Waals surface area contributed by atoms with Crippen molar-refractivity contribution in [1.29, 1.82) is 0 Å². The summed E-state index contributed by atoms with van der Waals surface area (Å²) in [5.74, 6) is 6.20. The third-order valence-corrected chi connectivity index (χ3v) is 3.07. The molecule has 1 aromatic heterocycles. The van der Waals surface area contributed by atoms with Crippen molar-refractivity contribution in [3.8, 4) is 11.8 Å². The molecular formula is C14H16N2O. The SMILES string of the molecule is NC(=O)c1cccnc1C#CC1CCCCC1. The average Bonchev–Trinajstić information content (AvgIpc) is 2.38. The molecule has 17 heavy (non-hydrogen) atoms. The Morgan fingerprint density at radius 1 is 1.35 bits per heavy atom. The van der Waals surface area contributed by atoms with Crippen LogP contribution >= 0.6 is 0 Å². The van der Waals surface area contributed by atoms with Crippen LogP contribution in [0.1, 0.15) is 48.2 Å². The highest BCUT2D eigenvalue weighted by molar-refractivity contribution is 5.94. The summed E-state index contributed by atoms with van der Waals surface area (Å²) < 4.78 is 0. The number of amides is 1. The first-order valence-corrected chi connectivity index (χ1v) is 6.04. The first-order chi connectivity index (χ1) is 8.27. The fraction of sp³-hybridized carbons (Fsp3) is 0.429. The maximum Gasteiger partial charge on any atom is 0.251 e. The predicted octanol–water partition coefficient (Wildman–Crippen LogP) is 2.11. The number of pyridine rings is 1. The summed E-state index contributed by atoms with van der Waals surface area (Å²) in [5, 5.41) is 0. The second-order valence-electron chi connectivity index (χ2n) is 4.37. The van der Waals surface area contributed by atoms with Gasteiger partial charge in [0.2, 0.25) is 0 Å². The zero-order valence-corrected chi connectivity index (χ0v) is 9.78. The van der Waals surface area contributed by atoms with E-state index in [-0.39, 0.29) is 0 Å². The zero-order valence-electron chi connectivity index (χ0n) is 9.78. The molecule has 3 nitrogen and oxygen atoms in total. The van der Waals surface area contributed by atoms with Crippen molar-refractivity contribution in [2.24, 2.45) is 11.7 Å². The van der Waals surface area contributed by atoms with Crippen LogP contribution in [0.15, 0.2) is 18.3 Å². The Balaban J connectivity index is 2.17. The van der Waals surface area contributed by atoms with Gasteiger partial charge in [0, 0.05) is 12.1 Å². The molecule has 1 aliphatic rings. The molecule has 1 heterocycles. The summed E-state index contributed by atoms with van der Waals surface area (Å²) >= 11 is 0. The number of nitrogens with zero attached hydrogens (tertiary/aromatic N) is 1. The van der Waals surface area contributed by atoms with E-state index in [4.69, 9.17) is 5.73 Å². The number of nitrogens with two attached hydrogens (primary N) is 1. The van der Waals surface area contributed by atoms with Crippen molar-refractivity contribution in [3.05, 3.63) is 29.6 Å². The lowest BCUT2D eigenvalue weighted by molar-refractivity contribution is 0.0999. The highest BCUT2D eigenvalue weighted by Gasteiger charge is 2.11. The molecule has 0 unspecified atom stereocenters. The zero-order chi connectivity index (χ0) is 12.1. The second-order valence-corrected chi connectivity index (χ2v) is 4.37. The summed E-state index contributed by atoms with van der Waals surface area (Å²) in [6.45, 7) is 0. The van der Waals surface area contributed by atoms with E-state index in [0.29, 0.717) is 17.2 Å². The predicted molar refractivity (Wildman–Crippen MR) is 66.2 cm³/mol. The van der Waals surface area contributed by atoms with Gasteiger partial charge < -0.3 is 5.73 Å². The van der Waals surface area contributed by atoms with E-state index in [0.717, 1.165) is 12.8 Å². The quantitative estimate of drug-likeness (QED) is 0.748. The Kier molecular flexibility index (Phi) is 3.77. The molecular weight excluding hydrogens is 212 g/mol. The van der Waals surface area contributed by atoms with Gasteiger partial charge in [-0.15, -0.1) is 0 Å². The molecule has 1 amide bonds. The van der Waals surface area contributed by atoms with Crippen LogP contribution in [0.25, 0.3) is 0 Å². The van der Waals surface area contributed by atoms with Crippen molar-refractivity contribution in [2.75, 3.05) is 0 Å². The molecule has 0 atom stereocenters. The molecule has 0 radical (unpaired) electrons. The molecule has 1 saturated carbocycles. The van der Waals surface area contributed by atoms with Gasteiger partial charge in [-0.2, -0.15) is 0 Å². The minimum atomic E-state index is -0.467. The number of carbonyl (C=O) groups excluding carboxylic acids is 1. The molecule has 1 aromatic rings. The molecule has 88 valence electrons. The number of carbonyl (C=O) groups is 1. The van der Waals surface area contributed by atoms with E-state index in [9.17, 15) is 4.79 Å². The molecule has 1 fully saturated rings. The van der Waals surface area contributed by atoms with Gasteiger partial charge in [0.05, 0.1) is 5.56 Å². The topological polar surface area (TPSA) is 56.0 Å². The lowest BCUT2D eigenvalue weighted by atomic mass is 9.90. The second kappa shape index (κ2) is 5.49. The van der Waals surface area contributed by atoms with Crippen molar-refractivity contribution in [3.63, 3.8) is 0 Å². The van der Waals surface area contributed by atoms with Crippen LogP contribution in [0.4, 0.5) is 0 Å². The monoisotopic (exact) mass is 228 g/mol. The van der Waals surface area contributed by atoms with Crippen molar-refractivity contribution in [2.45, 2.75) is 32.1 Å². The maximum absolute atomic E-state index is 11.2. The lowest BCUT2D eigenvalue weighted by Crippen LogP contribution is -2.13. The Hall–Kier alpha value is -1.82. The molecule has 2 rings (SSSR count). The van der Waals surface area contributed by atoms with Crippen molar-refractivity contribution in [1.82, 2.24) is 4.98 Å². The Bertz CT molecular complexity index is 465. The number of hydrogen-bond acceptors (Lipinski definition) is 2. The van der Waals surface area contributed by atoms with Gasteiger partial charge in [0.1, 0.15) is 5.69 Å². The van der Waals surface area contributed by atoms with Gasteiger partial charge in [-0.05, 0) is 30.9 Å². The smallest absolute Gasteiger partial charge is 0.251 e. The third kappa shape index (κ3) is 3.07. The van der Waals surface area contributed by atoms with Gasteiger partial charge >= 0.3 is 0 Å². The molecule has 1 aliphatic carbocycles. The minimum absolute atomic E-state index is 0.413. The average molecular weight is 228 g/mol. The molecule has 3 heteroatoms. The highest BCUT2D eigenvalue weighted by Crippen LogP contribution is 2.22. The highest BCUT2D eigenvalue weighted by atomic mass is 16.1. The molecule has 0 spiro atoms. The van der Waals surface area contributed by atoms with E-state index >= 15 is 0 Å². The van der Waals surface area contributed by atoms with Crippen LogP contribution in [-0.4, -0.2) is 10.9 Å². The van der Waals surface area contributed by atoms with Crippen LogP contribution in [0.5, 0.6) is 0 Å². The Morgan fingerprint density at radius 3 is 2.82 bits per heavy atom. The molecule has 0 saturated heterocycles. The summed E-state index contributed by atoms with van der Waals surface area (Å²) in [7, 11) is 0. The van der Waals surface area contributed by atoms with Gasteiger partial charge in [-0.3, -0.25) is 4.79 Å². The fourth-order valence-electron chi connectivity index (χ4n) is 2.12. The van der Waals surface area contributed by atoms with E-state index in [1.54, 1.807) is 18.3 Å². The van der Waals surface area contributed by atoms with Gasteiger partial charge in [-0.25, -0.2) is 4.98 Å². The van der Waals surface area contributed by atoms with Crippen molar-refractivity contribution < 1.29 is 4.79 Å². The number of aromatic nitrogens is 1. The third-order valence-electron chi connectivity index (χ3n) is 3.07. The lowest BCUT2D eigenvalue weighted by Gasteiger charge is -2.15. The summed E-state index contributed by atoms with van der Waals surface area (Å²) in [6, 6.07) is 3.37. The molecule has 2 N–H and O–H groups in total. The van der Waals surface area contributed by atoms with Gasteiger partial charge in [0.25, 0.3) is 5.91 Å². The van der Waals surface area contributed by atoms with Crippen LogP contribution in [-0.2, 0) is 0 Å². The molecule has 0 bridgehead atoms. The van der Waals surface area contributed by atoms with Crippen LogP contribution < -0.4 is 5.73 Å². The first-order valence-electron chi connectivity index (χ1n) is 6.04. The van der Waals surface area contributed by atoms with Gasteiger partial charge in [-0.1, -0.05) is 25.2 Å². The normalized spacial score (nSPS) is 16.0. The Morgan fingerprint density at radius 2 is 2.12 bits per heavy atom. The standard InChI is InChI=1S/C14H16N2O/c15-14(17)12-7-4-10-16-13(12)9-8-11-5-2-1-3-6-11/h4,7,10-11H,1-3,5-6H2,(H2,15,17). The van der Waals surface area contributed by atoms with E-state index in [1.807, 2.05) is 0 Å². The Labute approximate surface area is 101 Å². The van der Waals surface area contributed by atoms with E-state index < -0.39 is 5.91 Å². The largest absolute Gasteiger partial charge is 0.366 e. The maximum atomic E-state index is 11.2. The van der Waals surface area contributed by atoms with E-state index in [2.05, 4.69) is 16.8 Å². The van der Waals surface area contributed by atoms with Gasteiger partial charge in [0.15, 0.2) is 0 Å².